The Bertz CT molecular complexity index is 831. The van der Waals surface area contributed by atoms with Gasteiger partial charge in [-0.1, -0.05) is 43.2 Å². The lowest BCUT2D eigenvalue weighted by Crippen LogP contribution is -2.41. The van der Waals surface area contributed by atoms with Gasteiger partial charge in [0.25, 0.3) is 0 Å². The fourth-order valence-electron chi connectivity index (χ4n) is 4.08. The third kappa shape index (κ3) is 3.09. The molecule has 0 saturated heterocycles. The van der Waals surface area contributed by atoms with Gasteiger partial charge in [-0.15, -0.1) is 0 Å². The minimum Gasteiger partial charge on any atom is -0.324 e. The number of anilines is 1. The molecule has 1 aliphatic heterocycles. The molecule has 2 amide bonds. The first kappa shape index (κ1) is 16.8. The van der Waals surface area contributed by atoms with Crippen molar-refractivity contribution >= 4 is 17.5 Å². The van der Waals surface area contributed by atoms with Crippen LogP contribution in [0.15, 0.2) is 48.5 Å². The van der Waals surface area contributed by atoms with E-state index in [-0.39, 0.29) is 30.1 Å². The van der Waals surface area contributed by atoms with E-state index in [2.05, 4.69) is 5.32 Å². The molecular formula is C21H21FN2O2. The maximum absolute atomic E-state index is 14.0. The van der Waals surface area contributed by atoms with Gasteiger partial charge in [0.2, 0.25) is 11.8 Å². The van der Waals surface area contributed by atoms with Crippen LogP contribution in [0.4, 0.5) is 10.1 Å². The van der Waals surface area contributed by atoms with Crippen LogP contribution in [0.25, 0.3) is 0 Å². The summed E-state index contributed by atoms with van der Waals surface area (Å²) in [6, 6.07) is 13.4. The molecule has 4 nitrogen and oxygen atoms in total. The molecule has 1 N–H and O–H groups in total. The number of carbonyl (C=O) groups is 2. The average molecular weight is 352 g/mol. The van der Waals surface area contributed by atoms with E-state index < -0.39 is 6.04 Å². The fourth-order valence-corrected chi connectivity index (χ4v) is 4.08. The van der Waals surface area contributed by atoms with Crippen molar-refractivity contribution in [2.75, 3.05) is 11.9 Å². The molecule has 5 heteroatoms. The molecule has 1 heterocycles. The normalized spacial score (nSPS) is 20.4. The molecule has 2 aliphatic rings. The number of nitrogens with one attached hydrogen (secondary N) is 1. The molecule has 0 spiro atoms. The molecular weight excluding hydrogens is 331 g/mol. The Kier molecular flexibility index (Phi) is 4.45. The lowest BCUT2D eigenvalue weighted by atomic mass is 9.94. The second-order valence-electron chi connectivity index (χ2n) is 7.04. The highest BCUT2D eigenvalue weighted by molar-refractivity contribution is 5.97. The zero-order chi connectivity index (χ0) is 18.1. The lowest BCUT2D eigenvalue weighted by Gasteiger charge is -2.32. The van der Waals surface area contributed by atoms with Gasteiger partial charge in [0.15, 0.2) is 0 Å². The predicted molar refractivity (Wildman–Crippen MR) is 97.0 cm³/mol. The number of benzene rings is 2. The van der Waals surface area contributed by atoms with Gasteiger partial charge < -0.3 is 10.2 Å². The van der Waals surface area contributed by atoms with Crippen molar-refractivity contribution in [2.24, 2.45) is 5.92 Å². The van der Waals surface area contributed by atoms with Crippen LogP contribution in [0.3, 0.4) is 0 Å². The first-order valence-electron chi connectivity index (χ1n) is 9.08. The third-order valence-corrected chi connectivity index (χ3v) is 5.31. The van der Waals surface area contributed by atoms with E-state index in [0.29, 0.717) is 11.3 Å². The van der Waals surface area contributed by atoms with Gasteiger partial charge >= 0.3 is 0 Å². The number of hydrogen-bond donors (Lipinski definition) is 1. The van der Waals surface area contributed by atoms with Crippen molar-refractivity contribution in [3.05, 3.63) is 65.5 Å². The van der Waals surface area contributed by atoms with Crippen LogP contribution in [0.5, 0.6) is 0 Å². The molecule has 26 heavy (non-hydrogen) atoms. The standard InChI is InChI=1S/C21H21FN2O2/c22-16-10-11-18-17(12-16)20(14-6-2-1-3-7-14)24(13-19(25)23-18)21(26)15-8-4-5-9-15/h1-3,6-7,10-12,15,20H,4-5,8-9,13H2,(H,23,25)/t20-/m1/s1. The van der Waals surface area contributed by atoms with Crippen LogP contribution >= 0.6 is 0 Å². The second-order valence-corrected chi connectivity index (χ2v) is 7.04. The Hall–Kier alpha value is -2.69. The third-order valence-electron chi connectivity index (χ3n) is 5.31. The van der Waals surface area contributed by atoms with Crippen LogP contribution in [0.1, 0.15) is 42.9 Å². The molecule has 0 aromatic heterocycles. The van der Waals surface area contributed by atoms with Gasteiger partial charge in [-0.3, -0.25) is 9.59 Å². The summed E-state index contributed by atoms with van der Waals surface area (Å²) in [5.74, 6) is -0.690. The Morgan fingerprint density at radius 2 is 1.81 bits per heavy atom. The Labute approximate surface area is 152 Å². The highest BCUT2D eigenvalue weighted by Crippen LogP contribution is 2.38. The number of carbonyl (C=O) groups excluding carboxylic acids is 2. The number of halogens is 1. The van der Waals surface area contributed by atoms with Crippen molar-refractivity contribution in [3.8, 4) is 0 Å². The minimum atomic E-state index is -0.478. The zero-order valence-electron chi connectivity index (χ0n) is 14.5. The van der Waals surface area contributed by atoms with Crippen LogP contribution in [0, 0.1) is 11.7 Å². The summed E-state index contributed by atoms with van der Waals surface area (Å²) in [5, 5.41) is 2.83. The molecule has 0 unspecified atom stereocenters. The van der Waals surface area contributed by atoms with Gasteiger partial charge in [0, 0.05) is 17.2 Å². The van der Waals surface area contributed by atoms with Crippen LogP contribution in [-0.4, -0.2) is 23.3 Å². The Morgan fingerprint density at radius 1 is 1.08 bits per heavy atom. The van der Waals surface area contributed by atoms with Gasteiger partial charge in [0.1, 0.15) is 12.4 Å². The number of fused-ring (bicyclic) bond motifs is 1. The van der Waals surface area contributed by atoms with Gasteiger partial charge in [-0.05, 0) is 36.6 Å². The highest BCUT2D eigenvalue weighted by atomic mass is 19.1. The maximum atomic E-state index is 14.0. The summed E-state index contributed by atoms with van der Waals surface area (Å²) in [5.41, 5.74) is 2.06. The van der Waals surface area contributed by atoms with E-state index in [1.807, 2.05) is 30.3 Å². The molecule has 134 valence electrons. The number of nitrogens with zero attached hydrogens (tertiary/aromatic N) is 1. The summed E-state index contributed by atoms with van der Waals surface area (Å²) >= 11 is 0. The monoisotopic (exact) mass is 352 g/mol. The van der Waals surface area contributed by atoms with Crippen LogP contribution in [0.2, 0.25) is 0 Å². The zero-order valence-corrected chi connectivity index (χ0v) is 14.5. The lowest BCUT2D eigenvalue weighted by molar-refractivity contribution is -0.139. The van der Waals surface area contributed by atoms with Gasteiger partial charge in [-0.25, -0.2) is 4.39 Å². The first-order valence-corrected chi connectivity index (χ1v) is 9.08. The molecule has 2 aromatic rings. The maximum Gasteiger partial charge on any atom is 0.244 e. The van der Waals surface area contributed by atoms with E-state index >= 15 is 0 Å². The molecule has 1 atom stereocenters. The summed E-state index contributed by atoms with van der Waals surface area (Å²) in [6.07, 6.45) is 3.79. The average Bonchev–Trinajstić information content (AvgIpc) is 3.13. The molecule has 0 bridgehead atoms. The van der Waals surface area contributed by atoms with Crippen molar-refractivity contribution in [2.45, 2.75) is 31.7 Å². The molecule has 1 aliphatic carbocycles. The SMILES string of the molecule is O=C1CN(C(=O)C2CCCC2)[C@H](c2ccccc2)c2cc(F)ccc2N1. The second kappa shape index (κ2) is 6.90. The minimum absolute atomic E-state index is 0.0105. The topological polar surface area (TPSA) is 49.4 Å². The van der Waals surface area contributed by atoms with Gasteiger partial charge in [0.05, 0.1) is 6.04 Å². The van der Waals surface area contributed by atoms with Crippen molar-refractivity contribution in [1.82, 2.24) is 4.90 Å². The Morgan fingerprint density at radius 3 is 2.54 bits per heavy atom. The molecule has 1 saturated carbocycles. The predicted octanol–water partition coefficient (Wildman–Crippen LogP) is 3.89. The summed E-state index contributed by atoms with van der Waals surface area (Å²) in [6.45, 7) is -0.0226. The van der Waals surface area contributed by atoms with Crippen molar-refractivity contribution < 1.29 is 14.0 Å². The highest BCUT2D eigenvalue weighted by Gasteiger charge is 2.37. The smallest absolute Gasteiger partial charge is 0.244 e. The first-order chi connectivity index (χ1) is 12.6. The largest absolute Gasteiger partial charge is 0.324 e. The summed E-state index contributed by atoms with van der Waals surface area (Å²) in [7, 11) is 0. The number of rotatable bonds is 2. The van der Waals surface area contributed by atoms with E-state index in [4.69, 9.17) is 0 Å². The molecule has 4 rings (SSSR count). The summed E-state index contributed by atoms with van der Waals surface area (Å²) in [4.78, 5) is 27.3. The molecule has 1 fully saturated rings. The number of amides is 2. The van der Waals surface area contributed by atoms with Crippen LogP contribution in [-0.2, 0) is 9.59 Å². The molecule has 0 radical (unpaired) electrons. The van der Waals surface area contributed by atoms with Crippen LogP contribution < -0.4 is 5.32 Å². The van der Waals surface area contributed by atoms with E-state index in [0.717, 1.165) is 31.2 Å². The van der Waals surface area contributed by atoms with Gasteiger partial charge in [-0.2, -0.15) is 0 Å². The van der Waals surface area contributed by atoms with Crippen molar-refractivity contribution in [1.29, 1.82) is 0 Å². The Balaban J connectivity index is 1.84. The number of hydrogen-bond acceptors (Lipinski definition) is 2. The fraction of sp³-hybridized carbons (Fsp3) is 0.333. The molecule has 2 aromatic carbocycles. The van der Waals surface area contributed by atoms with E-state index in [9.17, 15) is 14.0 Å². The summed E-state index contributed by atoms with van der Waals surface area (Å²) < 4.78 is 14.0. The van der Waals surface area contributed by atoms with E-state index in [1.54, 1.807) is 11.0 Å². The van der Waals surface area contributed by atoms with Crippen molar-refractivity contribution in [3.63, 3.8) is 0 Å². The quantitative estimate of drug-likeness (QED) is 0.891. The van der Waals surface area contributed by atoms with E-state index in [1.165, 1.54) is 12.1 Å².